The minimum Gasteiger partial charge on any atom is -0.491 e. The van der Waals surface area contributed by atoms with Crippen LogP contribution in [-0.2, 0) is 0 Å². The minimum absolute atomic E-state index is 0.0945. The maximum Gasteiger partial charge on any atom is 0.254 e. The van der Waals surface area contributed by atoms with Crippen molar-refractivity contribution in [1.29, 1.82) is 5.26 Å². The number of allylic oxidation sites excluding steroid dienone is 5. The molecular weight excluding hydrogens is 444 g/mol. The van der Waals surface area contributed by atoms with Crippen molar-refractivity contribution in [2.24, 2.45) is 5.73 Å². The zero-order chi connectivity index (χ0) is 25.5. The van der Waals surface area contributed by atoms with Crippen LogP contribution in [0.25, 0.3) is 5.57 Å². The first-order chi connectivity index (χ1) is 16.7. The first-order valence-electron chi connectivity index (χ1n) is 11.5. The van der Waals surface area contributed by atoms with E-state index in [9.17, 15) is 10.1 Å². The number of ether oxygens (including phenoxy) is 2. The van der Waals surface area contributed by atoms with Gasteiger partial charge in [-0.25, -0.2) is 4.68 Å². The second-order valence-electron chi connectivity index (χ2n) is 8.60. The molecule has 4 N–H and O–H groups in total. The fourth-order valence-corrected chi connectivity index (χ4v) is 3.95. The van der Waals surface area contributed by atoms with Crippen LogP contribution in [0.5, 0.6) is 11.5 Å². The third-order valence-electron chi connectivity index (χ3n) is 5.54. The Labute approximate surface area is 205 Å². The molecule has 35 heavy (non-hydrogen) atoms. The quantitative estimate of drug-likeness (QED) is 0.317. The number of hydrogen-bond donors (Lipinski definition) is 2. The first-order valence-corrected chi connectivity index (χ1v) is 11.5. The molecule has 1 amide bonds. The largest absolute Gasteiger partial charge is 0.491 e. The van der Waals surface area contributed by atoms with Crippen molar-refractivity contribution >= 4 is 17.3 Å². The maximum absolute atomic E-state index is 12.3. The van der Waals surface area contributed by atoms with Crippen LogP contribution < -0.4 is 20.9 Å². The lowest BCUT2D eigenvalue weighted by molar-refractivity contribution is 0.100. The third-order valence-corrected chi connectivity index (χ3v) is 5.54. The van der Waals surface area contributed by atoms with Gasteiger partial charge in [0.2, 0.25) is 0 Å². The summed E-state index contributed by atoms with van der Waals surface area (Å²) in [5, 5.41) is 13.9. The van der Waals surface area contributed by atoms with Crippen molar-refractivity contribution < 1.29 is 14.3 Å². The summed E-state index contributed by atoms with van der Waals surface area (Å²) in [4.78, 5) is 13.9. The summed E-state index contributed by atoms with van der Waals surface area (Å²) in [5.74, 6) is 1.56. The average molecular weight is 477 g/mol. The molecule has 2 heterocycles. The fraction of sp³-hybridized carbons (Fsp3) is 0.346. The van der Waals surface area contributed by atoms with Gasteiger partial charge in [-0.1, -0.05) is 12.7 Å². The van der Waals surface area contributed by atoms with Crippen molar-refractivity contribution in [2.75, 3.05) is 18.8 Å². The third kappa shape index (κ3) is 6.23. The van der Waals surface area contributed by atoms with E-state index in [1.807, 2.05) is 45.0 Å². The van der Waals surface area contributed by atoms with Crippen molar-refractivity contribution in [3.8, 4) is 17.7 Å². The van der Waals surface area contributed by atoms with E-state index in [1.165, 1.54) is 0 Å². The number of nitriles is 1. The van der Waals surface area contributed by atoms with Crippen molar-refractivity contribution in [3.05, 3.63) is 66.1 Å². The second-order valence-corrected chi connectivity index (χ2v) is 8.60. The smallest absolute Gasteiger partial charge is 0.254 e. The number of aromatic nitrogens is 2. The van der Waals surface area contributed by atoms with Gasteiger partial charge >= 0.3 is 0 Å². The number of carbonyl (C=O) groups is 1. The number of nitrogens with two attached hydrogens (primary N) is 2. The van der Waals surface area contributed by atoms with Gasteiger partial charge in [-0.15, -0.1) is 0 Å². The molecule has 0 spiro atoms. The van der Waals surface area contributed by atoms with Crippen molar-refractivity contribution in [3.63, 3.8) is 0 Å². The number of hydrogen-bond acceptors (Lipinski definition) is 7. The fourth-order valence-electron chi connectivity index (χ4n) is 3.95. The van der Waals surface area contributed by atoms with E-state index < -0.39 is 5.91 Å². The van der Waals surface area contributed by atoms with Crippen LogP contribution in [0.2, 0.25) is 0 Å². The lowest BCUT2D eigenvalue weighted by atomic mass is 10.1. The van der Waals surface area contributed by atoms with E-state index in [-0.39, 0.29) is 23.5 Å². The Hall–Kier alpha value is -4.19. The zero-order valence-electron chi connectivity index (χ0n) is 20.4. The highest BCUT2D eigenvalue weighted by Gasteiger charge is 2.28. The summed E-state index contributed by atoms with van der Waals surface area (Å²) in [7, 11) is 0. The van der Waals surface area contributed by atoms with Gasteiger partial charge in [-0.2, -0.15) is 10.4 Å². The molecule has 1 fully saturated rings. The van der Waals surface area contributed by atoms with Gasteiger partial charge in [0.1, 0.15) is 34.3 Å². The molecule has 0 aliphatic carbocycles. The van der Waals surface area contributed by atoms with Crippen LogP contribution in [0.15, 0.2) is 54.8 Å². The molecule has 1 aromatic heterocycles. The molecule has 0 bridgehead atoms. The predicted molar refractivity (Wildman–Crippen MR) is 135 cm³/mol. The molecule has 1 aromatic carbocycles. The number of rotatable bonds is 9. The summed E-state index contributed by atoms with van der Waals surface area (Å²) in [6, 6.07) is 7.22. The molecule has 0 saturated carbocycles. The minimum atomic E-state index is -0.676. The Morgan fingerprint density at radius 2 is 1.97 bits per heavy atom. The lowest BCUT2D eigenvalue weighted by Gasteiger charge is -2.29. The summed E-state index contributed by atoms with van der Waals surface area (Å²) in [5.41, 5.74) is 13.0. The van der Waals surface area contributed by atoms with E-state index in [4.69, 9.17) is 20.9 Å². The van der Waals surface area contributed by atoms with Gasteiger partial charge in [0, 0.05) is 12.1 Å². The molecular formula is C26H32N6O3. The van der Waals surface area contributed by atoms with Crippen LogP contribution in [0, 0.1) is 11.5 Å². The van der Waals surface area contributed by atoms with Crippen molar-refractivity contribution in [2.45, 2.75) is 45.8 Å². The standard InChI is InChI=1S/C26H32N6O3/c1-5-19(9-8-18(4)35-22-12-10-21(11-13-22)34-17(2)3)24-23(26(29)33)25(28)32(30-24)20-7-6-14-31(15-20)16-27/h5,8-13,17,20H,1,6-7,14-15,28H2,2-4H3,(H2,29,33)/b18-8+,19-9+. The molecule has 1 aliphatic rings. The molecule has 184 valence electrons. The molecule has 9 heteroatoms. The number of carbonyl (C=O) groups excluding carboxylic acids is 1. The van der Waals surface area contributed by atoms with Crippen LogP contribution in [-0.4, -0.2) is 39.8 Å². The number of anilines is 1. The summed E-state index contributed by atoms with van der Waals surface area (Å²) in [6.07, 6.45) is 8.98. The number of nitrogen functional groups attached to an aromatic ring is 1. The van der Waals surface area contributed by atoms with Crippen LogP contribution >= 0.6 is 0 Å². The Kier molecular flexibility index (Phi) is 8.21. The zero-order valence-corrected chi connectivity index (χ0v) is 20.4. The monoisotopic (exact) mass is 476 g/mol. The topological polar surface area (TPSA) is 132 Å². The number of benzene rings is 1. The number of piperidine rings is 1. The molecule has 9 nitrogen and oxygen atoms in total. The summed E-state index contributed by atoms with van der Waals surface area (Å²) >= 11 is 0. The highest BCUT2D eigenvalue weighted by atomic mass is 16.5. The van der Waals surface area contributed by atoms with E-state index in [0.29, 0.717) is 35.9 Å². The average Bonchev–Trinajstić information content (AvgIpc) is 3.17. The SMILES string of the molecule is C=C/C(=C\C=C(/C)Oc1ccc(OC(C)C)cc1)c1nn(C2CCCN(C#N)C2)c(N)c1C(N)=O. The van der Waals surface area contributed by atoms with E-state index in [1.54, 1.807) is 27.8 Å². The van der Waals surface area contributed by atoms with Gasteiger partial charge in [0.25, 0.3) is 5.91 Å². The lowest BCUT2D eigenvalue weighted by Crippen LogP contribution is -2.34. The summed E-state index contributed by atoms with van der Waals surface area (Å²) < 4.78 is 13.1. The normalized spacial score (nSPS) is 16.7. The number of amides is 1. The van der Waals surface area contributed by atoms with Gasteiger partial charge in [0.15, 0.2) is 6.19 Å². The Bertz CT molecular complexity index is 1170. The van der Waals surface area contributed by atoms with E-state index in [2.05, 4.69) is 17.9 Å². The van der Waals surface area contributed by atoms with Crippen LogP contribution in [0.3, 0.4) is 0 Å². The molecule has 1 aliphatic heterocycles. The van der Waals surface area contributed by atoms with Gasteiger partial charge in [-0.05, 0) is 70.0 Å². The molecule has 1 saturated heterocycles. The molecule has 1 atom stereocenters. The van der Waals surface area contributed by atoms with Gasteiger partial charge in [0.05, 0.1) is 18.7 Å². The number of likely N-dealkylation sites (tertiary alicyclic amines) is 1. The summed E-state index contributed by atoms with van der Waals surface area (Å²) in [6.45, 7) is 10.8. The molecule has 3 rings (SSSR count). The Morgan fingerprint density at radius 1 is 1.29 bits per heavy atom. The predicted octanol–water partition coefficient (Wildman–Crippen LogP) is 4.02. The second kappa shape index (κ2) is 11.3. The molecule has 2 aromatic rings. The highest BCUT2D eigenvalue weighted by molar-refractivity contribution is 6.02. The van der Waals surface area contributed by atoms with Gasteiger partial charge in [-0.3, -0.25) is 4.79 Å². The molecule has 1 unspecified atom stereocenters. The van der Waals surface area contributed by atoms with Crippen LogP contribution in [0.4, 0.5) is 5.82 Å². The van der Waals surface area contributed by atoms with E-state index in [0.717, 1.165) is 18.6 Å². The van der Waals surface area contributed by atoms with E-state index >= 15 is 0 Å². The van der Waals surface area contributed by atoms with Crippen molar-refractivity contribution in [1.82, 2.24) is 14.7 Å². The number of primary amides is 1. The molecule has 0 radical (unpaired) electrons. The first kappa shape index (κ1) is 25.4. The Balaban J connectivity index is 1.86. The van der Waals surface area contributed by atoms with Gasteiger partial charge < -0.3 is 25.8 Å². The Morgan fingerprint density at radius 3 is 2.57 bits per heavy atom. The number of nitrogens with zero attached hydrogens (tertiary/aromatic N) is 4. The highest BCUT2D eigenvalue weighted by Crippen LogP contribution is 2.30. The maximum atomic E-state index is 12.3. The van der Waals surface area contributed by atoms with Crippen LogP contribution in [0.1, 0.15) is 55.7 Å².